The summed E-state index contributed by atoms with van der Waals surface area (Å²) in [6, 6.07) is 12.4. The Balaban J connectivity index is 1.16. The van der Waals surface area contributed by atoms with E-state index in [4.69, 9.17) is 11.6 Å². The number of carbonyl (C=O) groups is 2. The smallest absolute Gasteiger partial charge is 0.407 e. The number of aromatic nitrogens is 5. The van der Waals surface area contributed by atoms with Gasteiger partial charge in [-0.15, -0.1) is 0 Å². The number of aliphatic hydroxyl groups excluding tert-OH is 1. The van der Waals surface area contributed by atoms with Gasteiger partial charge in [0.05, 0.1) is 34.6 Å². The van der Waals surface area contributed by atoms with E-state index in [1.807, 2.05) is 19.1 Å². The van der Waals surface area contributed by atoms with Crippen LogP contribution < -0.4 is 10.6 Å². The van der Waals surface area contributed by atoms with Crippen molar-refractivity contribution >= 4 is 51.8 Å². The fourth-order valence-electron chi connectivity index (χ4n) is 6.66. The third kappa shape index (κ3) is 6.79. The summed E-state index contributed by atoms with van der Waals surface area (Å²) in [5.74, 6) is -0.880. The van der Waals surface area contributed by atoms with Gasteiger partial charge in [0, 0.05) is 62.8 Å². The van der Waals surface area contributed by atoms with Gasteiger partial charge in [-0.3, -0.25) is 14.7 Å². The first-order valence-electron chi connectivity index (χ1n) is 16.3. The van der Waals surface area contributed by atoms with Gasteiger partial charge < -0.3 is 30.3 Å². The van der Waals surface area contributed by atoms with Gasteiger partial charge >= 0.3 is 6.09 Å². The van der Waals surface area contributed by atoms with E-state index in [2.05, 4.69) is 35.5 Å². The molecule has 2 aliphatic rings. The predicted octanol–water partition coefficient (Wildman–Crippen LogP) is 5.92. The normalized spacial score (nSPS) is 16.1. The largest absolute Gasteiger partial charge is 0.465 e. The van der Waals surface area contributed by atoms with Crippen LogP contribution >= 0.6 is 11.6 Å². The van der Waals surface area contributed by atoms with Gasteiger partial charge in [0.2, 0.25) is 0 Å². The van der Waals surface area contributed by atoms with Crippen LogP contribution in [0.5, 0.6) is 0 Å². The number of fused-ring (bicyclic) bond motifs is 2. The summed E-state index contributed by atoms with van der Waals surface area (Å²) < 4.78 is 29.6. The van der Waals surface area contributed by atoms with Crippen molar-refractivity contribution in [3.05, 3.63) is 87.8 Å². The second kappa shape index (κ2) is 13.8. The molecule has 0 saturated carbocycles. The minimum absolute atomic E-state index is 0.0988. The highest BCUT2D eigenvalue weighted by Crippen LogP contribution is 2.39. The van der Waals surface area contributed by atoms with Gasteiger partial charge in [-0.1, -0.05) is 35.9 Å². The lowest BCUT2D eigenvalue weighted by Gasteiger charge is -2.23. The molecule has 0 radical (unpaired) electrons. The topological polar surface area (TPSA) is 162 Å². The SMILES string of the molecule is Cc1c(Nc2nc(C(F)F)nc3cc(CN4CC[C@@H](O)C4)cnc23)cccc1-c1cccc(NC(=O)c2nc3c(n2C)CCN(C(=O)O)C3)c1Cl. The average Bonchev–Trinajstić information content (AvgIpc) is 3.67. The van der Waals surface area contributed by atoms with Crippen LogP contribution in [0.25, 0.3) is 22.2 Å². The lowest BCUT2D eigenvalue weighted by Crippen LogP contribution is -2.35. The Morgan fingerprint density at radius 2 is 1.84 bits per heavy atom. The van der Waals surface area contributed by atoms with Gasteiger partial charge in [0.25, 0.3) is 12.3 Å². The summed E-state index contributed by atoms with van der Waals surface area (Å²) >= 11 is 6.91. The van der Waals surface area contributed by atoms with E-state index >= 15 is 0 Å². The van der Waals surface area contributed by atoms with Crippen LogP contribution in [0.4, 0.5) is 30.8 Å². The highest BCUT2D eigenvalue weighted by atomic mass is 35.5. The number of likely N-dealkylation sites (tertiary alicyclic amines) is 1. The molecule has 3 aromatic heterocycles. The van der Waals surface area contributed by atoms with Crippen molar-refractivity contribution in [2.75, 3.05) is 30.3 Å². The molecule has 1 saturated heterocycles. The standard InChI is InChI=1S/C35H34ClF2N9O4/c1-18-21(22-6-4-8-24(28(22)36)43-34(49)33-42-26-17-47(35(50)51)12-10-27(26)45(33)2)5-3-7-23(18)40-31-29-25(41-32(44-31)30(37)38)13-19(14-39-29)15-46-11-9-20(48)16-46/h3-8,13-14,20,30,48H,9-12,15-17H2,1-2H3,(H,43,49)(H,50,51)(H,40,41,44)/t20-/m1/s1. The summed E-state index contributed by atoms with van der Waals surface area (Å²) in [6.07, 6.45) is -1.55. The number of benzene rings is 2. The van der Waals surface area contributed by atoms with Crippen molar-refractivity contribution in [1.29, 1.82) is 0 Å². The van der Waals surface area contributed by atoms with E-state index in [1.54, 1.807) is 48.1 Å². The number of imidazole rings is 1. The Bertz CT molecular complexity index is 2180. The molecule has 1 atom stereocenters. The molecule has 0 spiro atoms. The quantitative estimate of drug-likeness (QED) is 0.152. The fourth-order valence-corrected chi connectivity index (χ4v) is 6.94. The number of alkyl halides is 2. The predicted molar refractivity (Wildman–Crippen MR) is 186 cm³/mol. The molecular formula is C35H34ClF2N9O4. The van der Waals surface area contributed by atoms with Crippen molar-refractivity contribution in [1.82, 2.24) is 34.3 Å². The number of anilines is 3. The molecule has 5 aromatic rings. The fraction of sp³-hybridized carbons (Fsp3) is 0.314. The maximum Gasteiger partial charge on any atom is 0.407 e. The van der Waals surface area contributed by atoms with Gasteiger partial charge in [-0.25, -0.2) is 28.5 Å². The summed E-state index contributed by atoms with van der Waals surface area (Å²) in [5.41, 5.74) is 5.70. The zero-order chi connectivity index (χ0) is 36.0. The number of amides is 2. The highest BCUT2D eigenvalue weighted by molar-refractivity contribution is 6.36. The number of carboxylic acid groups (broad SMARTS) is 1. The summed E-state index contributed by atoms with van der Waals surface area (Å²) in [5, 5.41) is 25.6. The molecule has 7 rings (SSSR count). The average molecular weight is 718 g/mol. The maximum atomic E-state index is 14.0. The zero-order valence-electron chi connectivity index (χ0n) is 27.7. The molecule has 0 aliphatic carbocycles. The number of hydrogen-bond donors (Lipinski definition) is 4. The first-order chi connectivity index (χ1) is 24.5. The molecule has 4 N–H and O–H groups in total. The third-order valence-electron chi connectivity index (χ3n) is 9.31. The Morgan fingerprint density at radius 1 is 1.08 bits per heavy atom. The molecule has 5 heterocycles. The molecule has 0 bridgehead atoms. The van der Waals surface area contributed by atoms with Crippen molar-refractivity contribution in [3.8, 4) is 11.1 Å². The summed E-state index contributed by atoms with van der Waals surface area (Å²) in [6.45, 7) is 4.04. The van der Waals surface area contributed by atoms with Gasteiger partial charge in [-0.05, 0) is 48.2 Å². The molecular weight excluding hydrogens is 684 g/mol. The van der Waals surface area contributed by atoms with Crippen LogP contribution in [0.2, 0.25) is 5.02 Å². The number of carbonyl (C=O) groups excluding carboxylic acids is 1. The number of β-amino-alcohol motifs (C(OH)–C–C–N with tert-alkyl or cyclic N) is 1. The van der Waals surface area contributed by atoms with Crippen molar-refractivity contribution in [3.63, 3.8) is 0 Å². The second-order valence-electron chi connectivity index (χ2n) is 12.7. The van der Waals surface area contributed by atoms with Crippen LogP contribution in [0.3, 0.4) is 0 Å². The number of rotatable bonds is 8. The van der Waals surface area contributed by atoms with Gasteiger partial charge in [0.1, 0.15) is 5.52 Å². The van der Waals surface area contributed by atoms with Crippen LogP contribution in [0, 0.1) is 6.92 Å². The Labute approximate surface area is 295 Å². The molecule has 2 amide bonds. The molecule has 2 aliphatic heterocycles. The van der Waals surface area contributed by atoms with Crippen LogP contribution in [-0.2, 0) is 26.6 Å². The van der Waals surface area contributed by atoms with Crippen molar-refractivity contribution in [2.45, 2.75) is 45.4 Å². The first-order valence-corrected chi connectivity index (χ1v) is 16.7. The number of nitrogens with zero attached hydrogens (tertiary/aromatic N) is 7. The monoisotopic (exact) mass is 717 g/mol. The van der Waals surface area contributed by atoms with E-state index in [0.717, 1.165) is 28.9 Å². The molecule has 51 heavy (non-hydrogen) atoms. The Kier molecular flexibility index (Phi) is 9.26. The summed E-state index contributed by atoms with van der Waals surface area (Å²) in [7, 11) is 1.72. The van der Waals surface area contributed by atoms with Crippen LogP contribution in [0.15, 0.2) is 48.7 Å². The van der Waals surface area contributed by atoms with E-state index < -0.39 is 24.3 Å². The molecule has 264 valence electrons. The lowest BCUT2D eigenvalue weighted by molar-refractivity contribution is 0.101. The van der Waals surface area contributed by atoms with Gasteiger partial charge in [0.15, 0.2) is 17.5 Å². The van der Waals surface area contributed by atoms with Crippen LogP contribution in [0.1, 0.15) is 51.8 Å². The molecule has 13 nitrogen and oxygen atoms in total. The second-order valence-corrected chi connectivity index (χ2v) is 13.1. The number of pyridine rings is 1. The molecule has 1 fully saturated rings. The zero-order valence-corrected chi connectivity index (χ0v) is 28.5. The first kappa shape index (κ1) is 34.2. The number of nitrogens with one attached hydrogen (secondary N) is 2. The number of aliphatic hydroxyl groups is 1. The van der Waals surface area contributed by atoms with Crippen LogP contribution in [-0.4, -0.2) is 82.3 Å². The third-order valence-corrected chi connectivity index (χ3v) is 9.72. The van der Waals surface area contributed by atoms with E-state index in [-0.39, 0.29) is 34.8 Å². The van der Waals surface area contributed by atoms with Crippen molar-refractivity contribution in [2.24, 2.45) is 7.05 Å². The Hall–Kier alpha value is -5.25. The minimum atomic E-state index is -2.91. The number of halogens is 3. The maximum absolute atomic E-state index is 14.0. The molecule has 0 unspecified atom stereocenters. The van der Waals surface area contributed by atoms with E-state index in [9.17, 15) is 28.6 Å². The Morgan fingerprint density at radius 3 is 2.57 bits per heavy atom. The van der Waals surface area contributed by atoms with Gasteiger partial charge in [-0.2, -0.15) is 0 Å². The highest BCUT2D eigenvalue weighted by Gasteiger charge is 2.28. The lowest BCUT2D eigenvalue weighted by atomic mass is 9.98. The molecule has 2 aromatic carbocycles. The van der Waals surface area contributed by atoms with E-state index in [0.29, 0.717) is 60.6 Å². The van der Waals surface area contributed by atoms with Crippen molar-refractivity contribution < 1.29 is 28.6 Å². The van der Waals surface area contributed by atoms with E-state index in [1.165, 1.54) is 4.90 Å². The number of hydrogen-bond acceptors (Lipinski definition) is 9. The summed E-state index contributed by atoms with van der Waals surface area (Å²) in [4.78, 5) is 45.4. The molecule has 16 heteroatoms. The minimum Gasteiger partial charge on any atom is -0.465 e.